The molecule has 1 atom stereocenters. The van der Waals surface area contributed by atoms with Gasteiger partial charge in [-0.3, -0.25) is 19.0 Å². The summed E-state index contributed by atoms with van der Waals surface area (Å²) in [4.78, 5) is 40.0. The van der Waals surface area contributed by atoms with Crippen molar-refractivity contribution in [2.24, 2.45) is 7.05 Å². The molecule has 0 saturated carbocycles. The van der Waals surface area contributed by atoms with E-state index in [-0.39, 0.29) is 12.5 Å². The Morgan fingerprint density at radius 2 is 1.73 bits per heavy atom. The number of amides is 1. The van der Waals surface area contributed by atoms with Crippen LogP contribution in [-0.4, -0.2) is 45.6 Å². The van der Waals surface area contributed by atoms with Crippen molar-refractivity contribution in [1.82, 2.24) is 19.4 Å². The molecule has 1 saturated heterocycles. The van der Waals surface area contributed by atoms with Crippen LogP contribution < -0.4 is 16.4 Å². The van der Waals surface area contributed by atoms with Crippen LogP contribution in [0.2, 0.25) is 0 Å². The van der Waals surface area contributed by atoms with Crippen molar-refractivity contribution in [3.8, 4) is 0 Å². The van der Waals surface area contributed by atoms with Crippen LogP contribution in [0.3, 0.4) is 0 Å². The Hall–Kier alpha value is -3.19. The van der Waals surface area contributed by atoms with Gasteiger partial charge in [-0.05, 0) is 62.6 Å². The topological polar surface area (TPSA) is 76.3 Å². The van der Waals surface area contributed by atoms with Gasteiger partial charge in [0.25, 0.3) is 5.91 Å². The van der Waals surface area contributed by atoms with Gasteiger partial charge in [0.15, 0.2) is 0 Å². The van der Waals surface area contributed by atoms with Gasteiger partial charge in [-0.2, -0.15) is 0 Å². The lowest BCUT2D eigenvalue weighted by atomic mass is 10.0. The molecule has 2 aromatic carbocycles. The molecule has 33 heavy (non-hydrogen) atoms. The highest BCUT2D eigenvalue weighted by Gasteiger charge is 2.17. The maximum absolute atomic E-state index is 12.6. The van der Waals surface area contributed by atoms with E-state index < -0.39 is 11.1 Å². The van der Waals surface area contributed by atoms with E-state index in [0.717, 1.165) is 25.1 Å². The van der Waals surface area contributed by atoms with Crippen LogP contribution in [0.4, 0.5) is 0 Å². The van der Waals surface area contributed by atoms with E-state index in [1.54, 1.807) is 19.2 Å². The first kappa shape index (κ1) is 23.0. The maximum Gasteiger partial charge on any atom is 0.317 e. The molecule has 0 bridgehead atoms. The zero-order chi connectivity index (χ0) is 23.4. The van der Waals surface area contributed by atoms with Crippen molar-refractivity contribution < 1.29 is 4.79 Å². The number of para-hydroxylation sites is 2. The summed E-state index contributed by atoms with van der Waals surface area (Å²) < 4.78 is 2.88. The summed E-state index contributed by atoms with van der Waals surface area (Å²) >= 11 is 0. The second kappa shape index (κ2) is 10.2. The normalized spacial score (nSPS) is 16.7. The molecule has 1 aromatic heterocycles. The first-order valence-electron chi connectivity index (χ1n) is 11.8. The molecule has 0 spiro atoms. The lowest BCUT2D eigenvalue weighted by Crippen LogP contribution is -2.40. The number of carbonyl (C=O) groups excluding carboxylic acids is 1. The SMILES string of the molecule is CC1CCCCN1CCCNC(=O)c1ccc(Cn2c(=O)c(=O)n(C)c3ccccc32)cc1. The monoisotopic (exact) mass is 448 g/mol. The first-order valence-corrected chi connectivity index (χ1v) is 11.8. The van der Waals surface area contributed by atoms with Gasteiger partial charge in [-0.1, -0.05) is 30.7 Å². The quantitative estimate of drug-likeness (QED) is 0.445. The lowest BCUT2D eigenvalue weighted by Gasteiger charge is -2.33. The van der Waals surface area contributed by atoms with Crippen molar-refractivity contribution in [1.29, 1.82) is 0 Å². The molecule has 1 aliphatic heterocycles. The van der Waals surface area contributed by atoms with Crippen molar-refractivity contribution in [2.75, 3.05) is 19.6 Å². The highest BCUT2D eigenvalue weighted by atomic mass is 16.2. The third-order valence-corrected chi connectivity index (χ3v) is 6.67. The number of nitrogens with zero attached hydrogens (tertiary/aromatic N) is 3. The minimum atomic E-state index is -0.555. The molecule has 2 heterocycles. The molecule has 1 aliphatic rings. The van der Waals surface area contributed by atoms with E-state index in [9.17, 15) is 14.4 Å². The third-order valence-electron chi connectivity index (χ3n) is 6.67. The number of rotatable bonds is 7. The summed E-state index contributed by atoms with van der Waals surface area (Å²) in [5.41, 5.74) is 1.74. The highest BCUT2D eigenvalue weighted by Crippen LogP contribution is 2.16. The van der Waals surface area contributed by atoms with Gasteiger partial charge >= 0.3 is 11.1 Å². The largest absolute Gasteiger partial charge is 0.352 e. The highest BCUT2D eigenvalue weighted by molar-refractivity contribution is 5.94. The fourth-order valence-corrected chi connectivity index (χ4v) is 4.63. The molecular formula is C26H32N4O3. The van der Waals surface area contributed by atoms with Crippen LogP contribution in [-0.2, 0) is 13.6 Å². The Morgan fingerprint density at radius 1 is 1.00 bits per heavy atom. The molecule has 0 aliphatic carbocycles. The Kier molecular flexibility index (Phi) is 7.08. The van der Waals surface area contributed by atoms with Crippen molar-refractivity contribution in [3.05, 3.63) is 80.4 Å². The Morgan fingerprint density at radius 3 is 2.45 bits per heavy atom. The average molecular weight is 449 g/mol. The Balaban J connectivity index is 1.38. The second-order valence-electron chi connectivity index (χ2n) is 8.93. The fourth-order valence-electron chi connectivity index (χ4n) is 4.63. The molecule has 7 heteroatoms. The van der Waals surface area contributed by atoms with Gasteiger partial charge in [0.05, 0.1) is 17.6 Å². The second-order valence-corrected chi connectivity index (χ2v) is 8.93. The zero-order valence-corrected chi connectivity index (χ0v) is 19.4. The molecule has 1 unspecified atom stereocenters. The number of aromatic nitrogens is 2. The number of likely N-dealkylation sites (tertiary alicyclic amines) is 1. The molecule has 1 fully saturated rings. The summed E-state index contributed by atoms with van der Waals surface area (Å²) in [6.07, 6.45) is 4.78. The lowest BCUT2D eigenvalue weighted by molar-refractivity contribution is 0.0949. The van der Waals surface area contributed by atoms with Crippen LogP contribution >= 0.6 is 0 Å². The van der Waals surface area contributed by atoms with Crippen LogP contribution in [0.5, 0.6) is 0 Å². The summed E-state index contributed by atoms with van der Waals surface area (Å²) in [7, 11) is 1.61. The van der Waals surface area contributed by atoms with E-state index in [1.165, 1.54) is 28.4 Å². The number of benzene rings is 2. The van der Waals surface area contributed by atoms with Crippen molar-refractivity contribution >= 4 is 16.9 Å². The maximum atomic E-state index is 12.6. The predicted octanol–water partition coefficient (Wildman–Crippen LogP) is 2.74. The minimum Gasteiger partial charge on any atom is -0.352 e. The molecule has 0 radical (unpaired) electrons. The van der Waals surface area contributed by atoms with Gasteiger partial charge in [-0.15, -0.1) is 0 Å². The molecular weight excluding hydrogens is 416 g/mol. The van der Waals surface area contributed by atoms with Crippen LogP contribution in [0, 0.1) is 0 Å². The summed E-state index contributed by atoms with van der Waals surface area (Å²) in [5, 5.41) is 3.00. The van der Waals surface area contributed by atoms with Crippen molar-refractivity contribution in [3.63, 3.8) is 0 Å². The third kappa shape index (κ3) is 5.09. The number of carbonyl (C=O) groups is 1. The van der Waals surface area contributed by atoms with Gasteiger partial charge < -0.3 is 14.8 Å². The summed E-state index contributed by atoms with van der Waals surface area (Å²) in [5.74, 6) is -0.0931. The number of hydrogen-bond acceptors (Lipinski definition) is 4. The number of nitrogens with one attached hydrogen (secondary N) is 1. The minimum absolute atomic E-state index is 0.0931. The van der Waals surface area contributed by atoms with E-state index in [2.05, 4.69) is 17.1 Å². The summed E-state index contributed by atoms with van der Waals surface area (Å²) in [6, 6.07) is 15.2. The molecule has 4 rings (SSSR count). The standard InChI is InChI=1S/C26H32N4O3/c1-19-8-5-6-16-29(19)17-7-15-27-24(31)21-13-11-20(12-14-21)18-30-23-10-4-3-9-22(23)28(2)25(32)26(30)33/h3-4,9-14,19H,5-8,15-18H2,1-2H3,(H,27,31). The van der Waals surface area contributed by atoms with E-state index in [1.807, 2.05) is 36.4 Å². The van der Waals surface area contributed by atoms with Crippen LogP contribution in [0.25, 0.3) is 11.0 Å². The summed E-state index contributed by atoms with van der Waals surface area (Å²) in [6.45, 7) is 5.37. The Labute approximate surface area is 193 Å². The number of hydrogen-bond donors (Lipinski definition) is 1. The molecule has 7 nitrogen and oxygen atoms in total. The van der Waals surface area contributed by atoms with Gasteiger partial charge in [0.2, 0.25) is 0 Å². The van der Waals surface area contributed by atoms with Crippen molar-refractivity contribution in [2.45, 2.75) is 45.2 Å². The number of piperidine rings is 1. The van der Waals surface area contributed by atoms with E-state index in [4.69, 9.17) is 0 Å². The molecule has 174 valence electrons. The number of aryl methyl sites for hydroxylation is 1. The van der Waals surface area contributed by atoms with Crippen LogP contribution in [0.15, 0.2) is 58.1 Å². The molecule has 1 amide bonds. The Bertz CT molecular complexity index is 1240. The average Bonchev–Trinajstić information content (AvgIpc) is 2.84. The van der Waals surface area contributed by atoms with Gasteiger partial charge in [0.1, 0.15) is 0 Å². The smallest absolute Gasteiger partial charge is 0.317 e. The predicted molar refractivity (Wildman–Crippen MR) is 131 cm³/mol. The zero-order valence-electron chi connectivity index (χ0n) is 19.4. The van der Waals surface area contributed by atoms with Crippen LogP contribution in [0.1, 0.15) is 48.5 Å². The molecule has 1 N–H and O–H groups in total. The van der Waals surface area contributed by atoms with Gasteiger partial charge in [-0.25, -0.2) is 0 Å². The van der Waals surface area contributed by atoms with E-state index in [0.29, 0.717) is 29.2 Å². The first-order chi connectivity index (χ1) is 16.0. The van der Waals surface area contributed by atoms with E-state index >= 15 is 0 Å². The van der Waals surface area contributed by atoms with Gasteiger partial charge in [0, 0.05) is 31.7 Å². The number of fused-ring (bicyclic) bond motifs is 1. The molecule has 3 aromatic rings. The fraction of sp³-hybridized carbons (Fsp3) is 0.423.